The molecule has 2 N–H and O–H groups in total. The third kappa shape index (κ3) is 3.00. The van der Waals surface area contributed by atoms with Gasteiger partial charge in [0.15, 0.2) is 11.6 Å². The van der Waals surface area contributed by atoms with E-state index in [0.717, 1.165) is 6.07 Å². The van der Waals surface area contributed by atoms with E-state index in [2.05, 4.69) is 10.6 Å². The van der Waals surface area contributed by atoms with Gasteiger partial charge in [-0.15, -0.1) is 0 Å². The van der Waals surface area contributed by atoms with Crippen molar-refractivity contribution in [3.63, 3.8) is 0 Å². The summed E-state index contributed by atoms with van der Waals surface area (Å²) in [5.41, 5.74) is 0.204. The summed E-state index contributed by atoms with van der Waals surface area (Å²) in [5, 5.41) is 5.26. The van der Waals surface area contributed by atoms with Crippen molar-refractivity contribution < 1.29 is 13.6 Å². The minimum Gasteiger partial charge on any atom is -0.358 e. The number of carbonyl (C=O) groups is 1. The van der Waals surface area contributed by atoms with Gasteiger partial charge in [-0.2, -0.15) is 0 Å². The van der Waals surface area contributed by atoms with Crippen molar-refractivity contribution in [2.75, 3.05) is 7.05 Å². The Morgan fingerprint density at radius 2 is 2.12 bits per heavy atom. The molecule has 1 amide bonds. The first kappa shape index (κ1) is 12.6. The van der Waals surface area contributed by atoms with E-state index in [0.29, 0.717) is 0 Å². The first-order chi connectivity index (χ1) is 7.56. The molecule has 0 fully saturated rings. The van der Waals surface area contributed by atoms with Crippen LogP contribution >= 0.6 is 0 Å². The maximum atomic E-state index is 13.2. The van der Waals surface area contributed by atoms with E-state index in [1.165, 1.54) is 19.2 Å². The van der Waals surface area contributed by atoms with Crippen LogP contribution in [0, 0.1) is 11.6 Å². The molecule has 0 heterocycles. The lowest BCUT2D eigenvalue weighted by molar-refractivity contribution is -0.122. The molecule has 5 heteroatoms. The van der Waals surface area contributed by atoms with Crippen LogP contribution in [0.3, 0.4) is 0 Å². The highest BCUT2D eigenvalue weighted by molar-refractivity contribution is 5.80. The molecule has 0 bridgehead atoms. The molecule has 0 aliphatic carbocycles. The Morgan fingerprint density at radius 3 is 2.75 bits per heavy atom. The van der Waals surface area contributed by atoms with Crippen molar-refractivity contribution in [3.05, 3.63) is 35.4 Å². The lowest BCUT2D eigenvalue weighted by Crippen LogP contribution is -2.40. The van der Waals surface area contributed by atoms with E-state index < -0.39 is 17.7 Å². The van der Waals surface area contributed by atoms with E-state index in [1.54, 1.807) is 6.92 Å². The number of amides is 1. The predicted octanol–water partition coefficient (Wildman–Crippen LogP) is 1.19. The smallest absolute Gasteiger partial charge is 0.236 e. The minimum atomic E-state index is -0.883. The fraction of sp³-hybridized carbons (Fsp3) is 0.364. The van der Waals surface area contributed by atoms with Crippen LogP contribution in [0.15, 0.2) is 18.2 Å². The molecular weight excluding hydrogens is 214 g/mol. The highest BCUT2D eigenvalue weighted by Crippen LogP contribution is 2.10. The molecular formula is C11H14F2N2O. The molecule has 0 aliphatic heterocycles. The van der Waals surface area contributed by atoms with Gasteiger partial charge in [0, 0.05) is 19.2 Å². The second kappa shape index (κ2) is 5.55. The highest BCUT2D eigenvalue weighted by atomic mass is 19.2. The Kier molecular flexibility index (Phi) is 4.37. The lowest BCUT2D eigenvalue weighted by Gasteiger charge is -2.12. The number of halogens is 2. The number of hydrogen-bond acceptors (Lipinski definition) is 2. The fourth-order valence-corrected chi connectivity index (χ4v) is 1.26. The number of rotatable bonds is 4. The van der Waals surface area contributed by atoms with Gasteiger partial charge >= 0.3 is 0 Å². The Morgan fingerprint density at radius 1 is 1.44 bits per heavy atom. The van der Waals surface area contributed by atoms with Gasteiger partial charge in [0.25, 0.3) is 0 Å². The van der Waals surface area contributed by atoms with Crippen molar-refractivity contribution in [3.8, 4) is 0 Å². The van der Waals surface area contributed by atoms with Crippen LogP contribution in [0.25, 0.3) is 0 Å². The summed E-state index contributed by atoms with van der Waals surface area (Å²) >= 11 is 0. The average Bonchev–Trinajstić information content (AvgIpc) is 2.29. The molecule has 1 rings (SSSR count). The van der Waals surface area contributed by atoms with Crippen LogP contribution in [0.1, 0.15) is 12.5 Å². The third-order valence-corrected chi connectivity index (χ3v) is 2.27. The number of carbonyl (C=O) groups excluding carboxylic acids is 1. The van der Waals surface area contributed by atoms with E-state index >= 15 is 0 Å². The molecule has 1 atom stereocenters. The zero-order valence-electron chi connectivity index (χ0n) is 9.18. The quantitative estimate of drug-likeness (QED) is 0.812. The number of benzene rings is 1. The summed E-state index contributed by atoms with van der Waals surface area (Å²) in [5.74, 6) is -1.96. The summed E-state index contributed by atoms with van der Waals surface area (Å²) in [6.45, 7) is 1.76. The normalized spacial score (nSPS) is 12.2. The largest absolute Gasteiger partial charge is 0.358 e. The van der Waals surface area contributed by atoms with Gasteiger partial charge in [-0.1, -0.05) is 12.1 Å². The van der Waals surface area contributed by atoms with E-state index in [1.807, 2.05) is 0 Å². The van der Waals surface area contributed by atoms with Gasteiger partial charge < -0.3 is 10.6 Å². The van der Waals surface area contributed by atoms with Gasteiger partial charge in [-0.3, -0.25) is 4.79 Å². The topological polar surface area (TPSA) is 41.1 Å². The predicted molar refractivity (Wildman–Crippen MR) is 56.7 cm³/mol. The average molecular weight is 228 g/mol. The van der Waals surface area contributed by atoms with Crippen molar-refractivity contribution in [2.24, 2.45) is 0 Å². The molecule has 0 spiro atoms. The second-order valence-corrected chi connectivity index (χ2v) is 3.43. The zero-order valence-corrected chi connectivity index (χ0v) is 9.18. The maximum absolute atomic E-state index is 13.2. The van der Waals surface area contributed by atoms with Crippen molar-refractivity contribution in [2.45, 2.75) is 19.5 Å². The SMILES string of the molecule is CNC(=O)[C@@H](C)NCc1cccc(F)c1F. The second-order valence-electron chi connectivity index (χ2n) is 3.43. The molecule has 0 saturated heterocycles. The summed E-state index contributed by atoms with van der Waals surface area (Å²) in [6, 6.07) is 3.51. The van der Waals surface area contributed by atoms with Crippen molar-refractivity contribution >= 4 is 5.91 Å². The van der Waals surface area contributed by atoms with Crippen LogP contribution in [-0.4, -0.2) is 19.0 Å². The van der Waals surface area contributed by atoms with Gasteiger partial charge in [0.05, 0.1) is 6.04 Å². The van der Waals surface area contributed by atoms with E-state index in [-0.39, 0.29) is 18.0 Å². The Bertz CT molecular complexity index is 382. The summed E-state index contributed by atoms with van der Waals surface area (Å²) in [7, 11) is 1.52. The Hall–Kier alpha value is -1.49. The van der Waals surface area contributed by atoms with Crippen LogP contribution in [-0.2, 0) is 11.3 Å². The molecule has 0 radical (unpaired) electrons. The first-order valence-electron chi connectivity index (χ1n) is 4.94. The Balaban J connectivity index is 2.61. The van der Waals surface area contributed by atoms with Crippen LogP contribution in [0.2, 0.25) is 0 Å². The van der Waals surface area contributed by atoms with Crippen molar-refractivity contribution in [1.29, 1.82) is 0 Å². The van der Waals surface area contributed by atoms with Crippen molar-refractivity contribution in [1.82, 2.24) is 10.6 Å². The third-order valence-electron chi connectivity index (χ3n) is 2.27. The standard InChI is InChI=1S/C11H14F2N2O/c1-7(11(16)14-2)15-6-8-4-3-5-9(12)10(8)13/h3-5,7,15H,6H2,1-2H3,(H,14,16)/t7-/m1/s1. The summed E-state index contributed by atoms with van der Waals surface area (Å²) in [6.07, 6.45) is 0. The number of likely N-dealkylation sites (N-methyl/N-ethyl adjacent to an activating group) is 1. The van der Waals surface area contributed by atoms with Gasteiger partial charge in [0.2, 0.25) is 5.91 Å². The van der Waals surface area contributed by atoms with Crippen LogP contribution in [0.4, 0.5) is 8.78 Å². The van der Waals surface area contributed by atoms with Crippen LogP contribution < -0.4 is 10.6 Å². The summed E-state index contributed by atoms with van der Waals surface area (Å²) < 4.78 is 26.1. The van der Waals surface area contributed by atoms with Gasteiger partial charge in [0.1, 0.15) is 0 Å². The number of nitrogens with one attached hydrogen (secondary N) is 2. The Labute approximate surface area is 92.8 Å². The molecule has 0 aliphatic rings. The van der Waals surface area contributed by atoms with Gasteiger partial charge in [-0.25, -0.2) is 8.78 Å². The fourth-order valence-electron chi connectivity index (χ4n) is 1.26. The highest BCUT2D eigenvalue weighted by Gasteiger charge is 2.12. The van der Waals surface area contributed by atoms with E-state index in [4.69, 9.17) is 0 Å². The number of hydrogen-bond donors (Lipinski definition) is 2. The molecule has 3 nitrogen and oxygen atoms in total. The van der Waals surface area contributed by atoms with E-state index in [9.17, 15) is 13.6 Å². The lowest BCUT2D eigenvalue weighted by atomic mass is 10.2. The van der Waals surface area contributed by atoms with Crippen LogP contribution in [0.5, 0.6) is 0 Å². The van der Waals surface area contributed by atoms with Gasteiger partial charge in [-0.05, 0) is 13.0 Å². The monoisotopic (exact) mass is 228 g/mol. The maximum Gasteiger partial charge on any atom is 0.236 e. The first-order valence-corrected chi connectivity index (χ1v) is 4.94. The summed E-state index contributed by atoms with van der Waals surface area (Å²) in [4.78, 5) is 11.1. The zero-order chi connectivity index (χ0) is 12.1. The molecule has 0 aromatic heterocycles. The molecule has 16 heavy (non-hydrogen) atoms. The molecule has 0 saturated carbocycles. The molecule has 1 aromatic carbocycles. The minimum absolute atomic E-state index is 0.109. The molecule has 0 unspecified atom stereocenters. The molecule has 88 valence electrons. The molecule has 1 aromatic rings.